The fourth-order valence-corrected chi connectivity index (χ4v) is 2.72. The van der Waals surface area contributed by atoms with Gasteiger partial charge in [-0.25, -0.2) is 9.97 Å². The van der Waals surface area contributed by atoms with Crippen molar-refractivity contribution < 1.29 is 4.79 Å². The molecule has 0 radical (unpaired) electrons. The summed E-state index contributed by atoms with van der Waals surface area (Å²) in [6.07, 6.45) is 6.39. The normalized spacial score (nSPS) is 23.0. The molecule has 98 valence electrons. The summed E-state index contributed by atoms with van der Waals surface area (Å²) in [6.45, 7) is 0.654. The van der Waals surface area contributed by atoms with Crippen molar-refractivity contribution in [2.24, 2.45) is 17.4 Å². The first-order valence-corrected chi connectivity index (χ1v) is 6.19. The number of nitrogens with zero attached hydrogens (tertiary/aromatic N) is 3. The van der Waals surface area contributed by atoms with Crippen LogP contribution in [0.15, 0.2) is 12.4 Å². The van der Waals surface area contributed by atoms with Crippen molar-refractivity contribution in [3.8, 4) is 0 Å². The molecule has 0 aliphatic heterocycles. The molecule has 1 heterocycles. The number of nitrogens with two attached hydrogens (primary N) is 2. The molecule has 0 bridgehead atoms. The summed E-state index contributed by atoms with van der Waals surface area (Å²) in [6, 6.07) is 0.310. The topological polar surface area (TPSA) is 98.1 Å². The van der Waals surface area contributed by atoms with E-state index in [1.807, 2.05) is 11.9 Å². The Morgan fingerprint density at radius 2 is 2.17 bits per heavy atom. The van der Waals surface area contributed by atoms with Gasteiger partial charge in [0.2, 0.25) is 0 Å². The molecule has 6 nitrogen and oxygen atoms in total. The Kier molecular flexibility index (Phi) is 3.76. The predicted molar refractivity (Wildman–Crippen MR) is 69.1 cm³/mol. The molecule has 1 aromatic heterocycles. The smallest absolute Gasteiger partial charge is 0.271 e. The molecular formula is C12H19N5O. The first kappa shape index (κ1) is 12.8. The molecule has 1 aromatic rings. The summed E-state index contributed by atoms with van der Waals surface area (Å²) in [5, 5.41) is 0. The fourth-order valence-electron chi connectivity index (χ4n) is 2.72. The second-order valence-corrected chi connectivity index (χ2v) is 4.70. The Morgan fingerprint density at radius 1 is 1.44 bits per heavy atom. The molecule has 1 aliphatic carbocycles. The SMILES string of the molecule is CN(c1nccnc1C(N)=O)C1CCCC1CN. The summed E-state index contributed by atoms with van der Waals surface area (Å²) in [5.41, 5.74) is 11.3. The average molecular weight is 249 g/mol. The van der Waals surface area contributed by atoms with Gasteiger partial charge in [0.25, 0.3) is 5.91 Å². The van der Waals surface area contributed by atoms with Crippen molar-refractivity contribution >= 4 is 11.7 Å². The van der Waals surface area contributed by atoms with Gasteiger partial charge in [0.1, 0.15) is 0 Å². The van der Waals surface area contributed by atoms with Gasteiger partial charge in [0.05, 0.1) is 0 Å². The molecule has 4 N–H and O–H groups in total. The van der Waals surface area contributed by atoms with E-state index in [0.717, 1.165) is 19.3 Å². The van der Waals surface area contributed by atoms with Crippen LogP contribution in [0.1, 0.15) is 29.8 Å². The maximum absolute atomic E-state index is 11.4. The van der Waals surface area contributed by atoms with Crippen LogP contribution in [0.25, 0.3) is 0 Å². The van der Waals surface area contributed by atoms with E-state index < -0.39 is 5.91 Å². The van der Waals surface area contributed by atoms with Crippen molar-refractivity contribution in [1.29, 1.82) is 0 Å². The summed E-state index contributed by atoms with van der Waals surface area (Å²) < 4.78 is 0. The van der Waals surface area contributed by atoms with Crippen LogP contribution in [0.4, 0.5) is 5.82 Å². The van der Waals surface area contributed by atoms with Gasteiger partial charge in [-0.15, -0.1) is 0 Å². The zero-order valence-corrected chi connectivity index (χ0v) is 10.5. The quantitative estimate of drug-likeness (QED) is 0.791. The summed E-state index contributed by atoms with van der Waals surface area (Å²) in [7, 11) is 1.93. The molecule has 2 rings (SSSR count). The monoisotopic (exact) mass is 249 g/mol. The van der Waals surface area contributed by atoms with E-state index in [-0.39, 0.29) is 5.69 Å². The molecule has 1 amide bonds. The van der Waals surface area contributed by atoms with Crippen molar-refractivity contribution in [3.05, 3.63) is 18.1 Å². The number of amides is 1. The van der Waals surface area contributed by atoms with E-state index >= 15 is 0 Å². The zero-order chi connectivity index (χ0) is 13.1. The highest BCUT2D eigenvalue weighted by molar-refractivity contribution is 5.95. The molecule has 2 unspecified atom stereocenters. The summed E-state index contributed by atoms with van der Waals surface area (Å²) in [4.78, 5) is 21.6. The van der Waals surface area contributed by atoms with E-state index in [2.05, 4.69) is 9.97 Å². The Balaban J connectivity index is 2.28. The molecule has 1 aliphatic rings. The second-order valence-electron chi connectivity index (χ2n) is 4.70. The van der Waals surface area contributed by atoms with Gasteiger partial charge in [0, 0.05) is 25.5 Å². The van der Waals surface area contributed by atoms with Crippen molar-refractivity contribution in [2.75, 3.05) is 18.5 Å². The Labute approximate surface area is 106 Å². The lowest BCUT2D eigenvalue weighted by Crippen LogP contribution is -2.39. The zero-order valence-electron chi connectivity index (χ0n) is 10.5. The van der Waals surface area contributed by atoms with Gasteiger partial charge in [0.15, 0.2) is 11.5 Å². The lowest BCUT2D eigenvalue weighted by atomic mass is 10.0. The molecule has 18 heavy (non-hydrogen) atoms. The standard InChI is InChI=1S/C12H19N5O/c1-17(9-4-2-3-8(9)7-13)12-10(11(14)18)15-5-6-16-12/h5-6,8-9H,2-4,7,13H2,1H3,(H2,14,18). The van der Waals surface area contributed by atoms with Gasteiger partial charge < -0.3 is 16.4 Å². The minimum absolute atomic E-state index is 0.225. The van der Waals surface area contributed by atoms with E-state index in [1.54, 1.807) is 6.20 Å². The molecule has 2 atom stereocenters. The van der Waals surface area contributed by atoms with Gasteiger partial charge in [-0.3, -0.25) is 4.79 Å². The summed E-state index contributed by atoms with van der Waals surface area (Å²) >= 11 is 0. The van der Waals surface area contributed by atoms with Crippen LogP contribution in [-0.2, 0) is 0 Å². The lowest BCUT2D eigenvalue weighted by molar-refractivity contribution is 0.0995. The highest BCUT2D eigenvalue weighted by Gasteiger charge is 2.31. The highest BCUT2D eigenvalue weighted by atomic mass is 16.1. The Bertz CT molecular complexity index is 436. The van der Waals surface area contributed by atoms with E-state index in [9.17, 15) is 4.79 Å². The van der Waals surface area contributed by atoms with Crippen LogP contribution in [0.5, 0.6) is 0 Å². The minimum Gasteiger partial charge on any atom is -0.364 e. The van der Waals surface area contributed by atoms with Crippen LogP contribution in [-0.4, -0.2) is 35.5 Å². The number of rotatable bonds is 4. The first-order valence-electron chi connectivity index (χ1n) is 6.19. The van der Waals surface area contributed by atoms with Crippen LogP contribution in [0.2, 0.25) is 0 Å². The fraction of sp³-hybridized carbons (Fsp3) is 0.583. The lowest BCUT2D eigenvalue weighted by Gasteiger charge is -2.30. The Morgan fingerprint density at radius 3 is 2.83 bits per heavy atom. The van der Waals surface area contributed by atoms with Gasteiger partial charge in [-0.1, -0.05) is 6.42 Å². The molecule has 0 saturated heterocycles. The number of primary amides is 1. The number of hydrogen-bond acceptors (Lipinski definition) is 5. The second kappa shape index (κ2) is 5.30. The third-order valence-electron chi connectivity index (χ3n) is 3.67. The number of carbonyl (C=O) groups excluding carboxylic acids is 1. The largest absolute Gasteiger partial charge is 0.364 e. The van der Waals surface area contributed by atoms with Gasteiger partial charge in [-0.05, 0) is 25.3 Å². The molecular weight excluding hydrogens is 230 g/mol. The number of anilines is 1. The average Bonchev–Trinajstić information content (AvgIpc) is 2.86. The molecule has 0 aromatic carbocycles. The predicted octanol–water partition coefficient (Wildman–Crippen LogP) is 0.139. The van der Waals surface area contributed by atoms with Gasteiger partial charge >= 0.3 is 0 Å². The van der Waals surface area contributed by atoms with E-state index in [4.69, 9.17) is 11.5 Å². The molecule has 6 heteroatoms. The summed E-state index contributed by atoms with van der Waals surface area (Å²) in [5.74, 6) is 0.445. The highest BCUT2D eigenvalue weighted by Crippen LogP contribution is 2.31. The van der Waals surface area contributed by atoms with Crippen LogP contribution < -0.4 is 16.4 Å². The number of carbonyl (C=O) groups is 1. The van der Waals surface area contributed by atoms with E-state index in [0.29, 0.717) is 24.3 Å². The first-order chi connectivity index (χ1) is 8.65. The van der Waals surface area contributed by atoms with Crippen molar-refractivity contribution in [2.45, 2.75) is 25.3 Å². The van der Waals surface area contributed by atoms with Crippen LogP contribution in [0.3, 0.4) is 0 Å². The van der Waals surface area contributed by atoms with Crippen LogP contribution >= 0.6 is 0 Å². The number of hydrogen-bond donors (Lipinski definition) is 2. The van der Waals surface area contributed by atoms with Crippen molar-refractivity contribution in [1.82, 2.24) is 9.97 Å². The minimum atomic E-state index is -0.549. The molecule has 1 fully saturated rings. The van der Waals surface area contributed by atoms with Gasteiger partial charge in [-0.2, -0.15) is 0 Å². The van der Waals surface area contributed by atoms with Crippen molar-refractivity contribution in [3.63, 3.8) is 0 Å². The Hall–Kier alpha value is -1.69. The third-order valence-corrected chi connectivity index (χ3v) is 3.67. The maximum atomic E-state index is 11.4. The van der Waals surface area contributed by atoms with E-state index in [1.165, 1.54) is 6.20 Å². The third kappa shape index (κ3) is 2.28. The number of aromatic nitrogens is 2. The van der Waals surface area contributed by atoms with Crippen LogP contribution in [0, 0.1) is 5.92 Å². The molecule has 0 spiro atoms. The maximum Gasteiger partial charge on any atom is 0.271 e. The molecule has 1 saturated carbocycles.